The maximum absolute atomic E-state index is 12.9. The summed E-state index contributed by atoms with van der Waals surface area (Å²) in [6.45, 7) is -0.613. The van der Waals surface area contributed by atoms with Gasteiger partial charge in [-0.1, -0.05) is 0 Å². The summed E-state index contributed by atoms with van der Waals surface area (Å²) >= 11 is 0. The van der Waals surface area contributed by atoms with E-state index >= 15 is 0 Å². The van der Waals surface area contributed by atoms with Gasteiger partial charge >= 0.3 is 0 Å². The van der Waals surface area contributed by atoms with Gasteiger partial charge in [-0.25, -0.2) is 0 Å². The first kappa shape index (κ1) is 23.8. The van der Waals surface area contributed by atoms with Gasteiger partial charge in [-0.15, -0.1) is 0 Å². The van der Waals surface area contributed by atoms with Gasteiger partial charge in [-0.3, -0.25) is 4.79 Å². The average molecular weight is 476 g/mol. The summed E-state index contributed by atoms with van der Waals surface area (Å²) in [6, 6.07) is 6.13. The lowest BCUT2D eigenvalue weighted by molar-refractivity contribution is -0.228. The molecule has 2 heterocycles. The van der Waals surface area contributed by atoms with E-state index in [4.69, 9.17) is 13.9 Å². The Kier molecular flexibility index (Phi) is 6.39. The number of fused-ring (bicyclic) bond motifs is 1. The highest BCUT2D eigenvalue weighted by atomic mass is 16.5. The van der Waals surface area contributed by atoms with E-state index in [0.29, 0.717) is 0 Å². The monoisotopic (exact) mass is 476 g/mol. The average Bonchev–Trinajstić information content (AvgIpc) is 2.81. The first-order chi connectivity index (χ1) is 16.2. The minimum Gasteiger partial charge on any atom is -0.507 e. The van der Waals surface area contributed by atoms with Crippen LogP contribution < -0.4 is 10.2 Å². The molecule has 0 aliphatic carbocycles. The molecule has 5 unspecified atom stereocenters. The van der Waals surface area contributed by atoms with Crippen LogP contribution in [0.4, 0.5) is 0 Å². The van der Waals surface area contributed by atoms with E-state index < -0.39 is 54.1 Å². The Morgan fingerprint density at radius 1 is 0.912 bits per heavy atom. The summed E-state index contributed by atoms with van der Waals surface area (Å²) in [5, 5.41) is 69.8. The molecular formula is C23H24O11. The second-order valence-corrected chi connectivity index (χ2v) is 8.03. The molecule has 1 aliphatic rings. The van der Waals surface area contributed by atoms with Gasteiger partial charge in [0.1, 0.15) is 52.6 Å². The molecule has 1 aliphatic heterocycles. The number of rotatable bonds is 5. The van der Waals surface area contributed by atoms with Crippen molar-refractivity contribution < 1.29 is 49.6 Å². The number of hydrogen-bond acceptors (Lipinski definition) is 11. The number of aliphatic hydroxyl groups excluding tert-OH is 4. The van der Waals surface area contributed by atoms with Crippen LogP contribution in [0.1, 0.15) is 5.56 Å². The van der Waals surface area contributed by atoms with Crippen LogP contribution in [0.5, 0.6) is 23.0 Å². The summed E-state index contributed by atoms with van der Waals surface area (Å²) in [6.07, 6.45) is -7.15. The summed E-state index contributed by atoms with van der Waals surface area (Å²) in [5.74, 6) is -1.12. The summed E-state index contributed by atoms with van der Waals surface area (Å²) in [4.78, 5) is 12.9. The zero-order valence-electron chi connectivity index (χ0n) is 18.0. The van der Waals surface area contributed by atoms with Crippen molar-refractivity contribution >= 4 is 11.0 Å². The molecule has 1 aromatic heterocycles. The molecular weight excluding hydrogens is 452 g/mol. The smallest absolute Gasteiger partial charge is 0.197 e. The number of aliphatic hydroxyl groups is 4. The Bertz CT molecular complexity index is 1270. The van der Waals surface area contributed by atoms with E-state index in [-0.39, 0.29) is 45.8 Å². The SMILES string of the molecule is COc1cc(O)c2c(=O)cc(-c3ccc(O)c(O)c3)oc2c1CC1OC(CO)C(O)C(O)C1O. The molecule has 0 bridgehead atoms. The Balaban J connectivity index is 1.88. The molecule has 34 heavy (non-hydrogen) atoms. The van der Waals surface area contributed by atoms with Crippen molar-refractivity contribution in [2.45, 2.75) is 36.9 Å². The van der Waals surface area contributed by atoms with Crippen molar-refractivity contribution in [3.63, 3.8) is 0 Å². The number of benzene rings is 2. The molecule has 0 amide bonds. The number of phenols is 3. The molecule has 3 aromatic rings. The van der Waals surface area contributed by atoms with Gasteiger partial charge in [0.25, 0.3) is 0 Å². The second kappa shape index (κ2) is 9.12. The lowest BCUT2D eigenvalue weighted by atomic mass is 9.90. The molecule has 5 atom stereocenters. The van der Waals surface area contributed by atoms with Crippen LogP contribution in [0.2, 0.25) is 0 Å². The van der Waals surface area contributed by atoms with Gasteiger partial charge in [0.15, 0.2) is 16.9 Å². The summed E-state index contributed by atoms with van der Waals surface area (Å²) in [5.41, 5.74) is -0.236. The fourth-order valence-corrected chi connectivity index (χ4v) is 4.09. The molecule has 11 heteroatoms. The number of aromatic hydroxyl groups is 3. The van der Waals surface area contributed by atoms with Crippen molar-refractivity contribution in [1.29, 1.82) is 0 Å². The fourth-order valence-electron chi connectivity index (χ4n) is 4.09. The van der Waals surface area contributed by atoms with Gasteiger partial charge in [0.2, 0.25) is 0 Å². The van der Waals surface area contributed by atoms with Gasteiger partial charge in [-0.2, -0.15) is 0 Å². The van der Waals surface area contributed by atoms with E-state index in [0.717, 1.165) is 6.07 Å². The Morgan fingerprint density at radius 2 is 1.62 bits per heavy atom. The standard InChI is InChI=1S/C23H24O11/c1-32-16-7-14(28)19-13(27)6-15(9-2-3-11(25)12(26)4-9)34-23(19)10(16)5-17-20(29)22(31)21(30)18(8-24)33-17/h2-4,6-7,17-18,20-22,24-26,28-31H,5,8H2,1H3. The van der Waals surface area contributed by atoms with Crippen molar-refractivity contribution in [3.8, 4) is 34.3 Å². The molecule has 1 saturated heterocycles. The minimum absolute atomic E-state index is 0.00973. The number of methoxy groups -OCH3 is 1. The first-order valence-electron chi connectivity index (χ1n) is 10.4. The van der Waals surface area contributed by atoms with E-state index in [1.165, 1.54) is 31.4 Å². The number of phenolic OH excluding ortho intramolecular Hbond substituents is 3. The topological polar surface area (TPSA) is 190 Å². The number of ether oxygens (including phenoxy) is 2. The summed E-state index contributed by atoms with van der Waals surface area (Å²) < 4.78 is 16.8. The van der Waals surface area contributed by atoms with Gasteiger partial charge in [0, 0.05) is 29.7 Å². The predicted octanol–water partition coefficient (Wildman–Crippen LogP) is -0.0297. The zero-order valence-corrected chi connectivity index (χ0v) is 18.0. The Hall–Kier alpha value is -3.35. The molecule has 2 aromatic carbocycles. The van der Waals surface area contributed by atoms with Crippen LogP contribution in [0.3, 0.4) is 0 Å². The fraction of sp³-hybridized carbons (Fsp3) is 0.348. The highest BCUT2D eigenvalue weighted by Crippen LogP contribution is 2.38. The van der Waals surface area contributed by atoms with Crippen LogP contribution in [-0.4, -0.2) is 80.0 Å². The highest BCUT2D eigenvalue weighted by molar-refractivity contribution is 5.89. The molecule has 11 nitrogen and oxygen atoms in total. The molecule has 4 rings (SSSR count). The molecule has 0 saturated carbocycles. The van der Waals surface area contributed by atoms with Crippen LogP contribution in [0, 0.1) is 0 Å². The Labute approximate surface area is 192 Å². The lowest BCUT2D eigenvalue weighted by Crippen LogP contribution is -2.59. The maximum Gasteiger partial charge on any atom is 0.197 e. The van der Waals surface area contributed by atoms with Crippen LogP contribution >= 0.6 is 0 Å². The molecule has 1 fully saturated rings. The van der Waals surface area contributed by atoms with E-state index in [1.807, 2.05) is 0 Å². The van der Waals surface area contributed by atoms with E-state index in [1.54, 1.807) is 0 Å². The first-order valence-corrected chi connectivity index (χ1v) is 10.4. The normalized spacial score (nSPS) is 24.9. The molecule has 0 spiro atoms. The molecule has 182 valence electrons. The van der Waals surface area contributed by atoms with Gasteiger partial charge < -0.3 is 49.6 Å². The Morgan fingerprint density at radius 3 is 2.26 bits per heavy atom. The number of hydrogen-bond donors (Lipinski definition) is 7. The molecule has 0 radical (unpaired) electrons. The van der Waals surface area contributed by atoms with Crippen LogP contribution in [0.25, 0.3) is 22.3 Å². The lowest BCUT2D eigenvalue weighted by Gasteiger charge is -2.40. The maximum atomic E-state index is 12.9. The summed E-state index contributed by atoms with van der Waals surface area (Å²) in [7, 11) is 1.32. The largest absolute Gasteiger partial charge is 0.507 e. The van der Waals surface area contributed by atoms with E-state index in [9.17, 15) is 40.5 Å². The third-order valence-electron chi connectivity index (χ3n) is 5.92. The third-order valence-corrected chi connectivity index (χ3v) is 5.92. The predicted molar refractivity (Wildman–Crippen MR) is 117 cm³/mol. The van der Waals surface area contributed by atoms with Crippen molar-refractivity contribution in [3.05, 3.63) is 46.1 Å². The highest BCUT2D eigenvalue weighted by Gasteiger charge is 2.43. The van der Waals surface area contributed by atoms with Crippen molar-refractivity contribution in [2.24, 2.45) is 0 Å². The van der Waals surface area contributed by atoms with Crippen LogP contribution in [-0.2, 0) is 11.2 Å². The van der Waals surface area contributed by atoms with Crippen LogP contribution in [0.15, 0.2) is 39.5 Å². The quantitative estimate of drug-likeness (QED) is 0.245. The molecule has 7 N–H and O–H groups in total. The van der Waals surface area contributed by atoms with E-state index in [2.05, 4.69) is 0 Å². The minimum atomic E-state index is -1.60. The van der Waals surface area contributed by atoms with Crippen molar-refractivity contribution in [1.82, 2.24) is 0 Å². The zero-order chi connectivity index (χ0) is 24.7. The van der Waals surface area contributed by atoms with Crippen molar-refractivity contribution in [2.75, 3.05) is 13.7 Å². The van der Waals surface area contributed by atoms with Gasteiger partial charge in [-0.05, 0) is 18.2 Å². The van der Waals surface area contributed by atoms with Gasteiger partial charge in [0.05, 0.1) is 19.8 Å². The second-order valence-electron chi connectivity index (χ2n) is 8.03. The third kappa shape index (κ3) is 4.04.